The minimum atomic E-state index is -0.134. The Bertz CT molecular complexity index is 299. The van der Waals surface area contributed by atoms with Crippen molar-refractivity contribution >= 4 is 17.5 Å². The standard InChI is InChI=1S/C10H12ClNO/c1-8-4-2-3-5-9(8)7-12-10(13)6-11/h2-5H,6-7H2,1H3,(H,12,13). The summed E-state index contributed by atoms with van der Waals surface area (Å²) in [6, 6.07) is 7.93. The molecule has 3 heteroatoms. The molecule has 70 valence electrons. The average Bonchev–Trinajstić information content (AvgIpc) is 2.16. The molecule has 0 aromatic heterocycles. The van der Waals surface area contributed by atoms with Crippen LogP contribution in [0.3, 0.4) is 0 Å². The largest absolute Gasteiger partial charge is 0.351 e. The van der Waals surface area contributed by atoms with Gasteiger partial charge in [-0.25, -0.2) is 0 Å². The van der Waals surface area contributed by atoms with E-state index in [-0.39, 0.29) is 11.8 Å². The zero-order chi connectivity index (χ0) is 9.68. The van der Waals surface area contributed by atoms with E-state index in [2.05, 4.69) is 5.32 Å². The van der Waals surface area contributed by atoms with Crippen LogP contribution in [0.4, 0.5) is 0 Å². The smallest absolute Gasteiger partial charge is 0.235 e. The first-order valence-electron chi connectivity index (χ1n) is 4.11. The highest BCUT2D eigenvalue weighted by molar-refractivity contribution is 6.27. The zero-order valence-corrected chi connectivity index (χ0v) is 8.27. The van der Waals surface area contributed by atoms with Gasteiger partial charge in [-0.3, -0.25) is 4.79 Å². The van der Waals surface area contributed by atoms with Crippen LogP contribution in [-0.2, 0) is 11.3 Å². The zero-order valence-electron chi connectivity index (χ0n) is 7.51. The number of hydrogen-bond donors (Lipinski definition) is 1. The van der Waals surface area contributed by atoms with Crippen LogP contribution in [0.2, 0.25) is 0 Å². The van der Waals surface area contributed by atoms with Gasteiger partial charge in [-0.2, -0.15) is 0 Å². The van der Waals surface area contributed by atoms with E-state index >= 15 is 0 Å². The fourth-order valence-electron chi connectivity index (χ4n) is 1.05. The van der Waals surface area contributed by atoms with Gasteiger partial charge in [0.05, 0.1) is 0 Å². The number of alkyl halides is 1. The molecule has 1 aromatic carbocycles. The highest BCUT2D eigenvalue weighted by atomic mass is 35.5. The van der Waals surface area contributed by atoms with E-state index in [0.29, 0.717) is 6.54 Å². The quantitative estimate of drug-likeness (QED) is 0.737. The number of carbonyl (C=O) groups excluding carboxylic acids is 1. The molecule has 1 amide bonds. The molecule has 0 radical (unpaired) electrons. The van der Waals surface area contributed by atoms with E-state index in [9.17, 15) is 4.79 Å². The molecule has 1 N–H and O–H groups in total. The summed E-state index contributed by atoms with van der Waals surface area (Å²) < 4.78 is 0. The first-order valence-corrected chi connectivity index (χ1v) is 4.64. The Kier molecular flexibility index (Phi) is 3.77. The van der Waals surface area contributed by atoms with Crippen LogP contribution in [-0.4, -0.2) is 11.8 Å². The molecular weight excluding hydrogens is 186 g/mol. The average molecular weight is 198 g/mol. The molecule has 0 aliphatic carbocycles. The van der Waals surface area contributed by atoms with Gasteiger partial charge in [0.2, 0.25) is 5.91 Å². The Labute approximate surface area is 82.9 Å². The third-order valence-corrected chi connectivity index (χ3v) is 2.10. The van der Waals surface area contributed by atoms with Crippen molar-refractivity contribution in [3.63, 3.8) is 0 Å². The Morgan fingerprint density at radius 2 is 2.15 bits per heavy atom. The predicted molar refractivity (Wildman–Crippen MR) is 53.7 cm³/mol. The van der Waals surface area contributed by atoms with Gasteiger partial charge >= 0.3 is 0 Å². The number of rotatable bonds is 3. The van der Waals surface area contributed by atoms with Gasteiger partial charge in [-0.05, 0) is 18.1 Å². The summed E-state index contributed by atoms with van der Waals surface area (Å²) in [6.07, 6.45) is 0. The van der Waals surface area contributed by atoms with Crippen LogP contribution in [0.1, 0.15) is 11.1 Å². The Balaban J connectivity index is 2.54. The summed E-state index contributed by atoms with van der Waals surface area (Å²) in [5.41, 5.74) is 2.30. The second-order valence-corrected chi connectivity index (χ2v) is 3.10. The SMILES string of the molecule is Cc1ccccc1CNC(=O)CCl. The van der Waals surface area contributed by atoms with Gasteiger partial charge in [0.15, 0.2) is 0 Å². The molecule has 0 saturated carbocycles. The van der Waals surface area contributed by atoms with Gasteiger partial charge in [-0.15, -0.1) is 11.6 Å². The number of halogens is 1. The van der Waals surface area contributed by atoms with E-state index < -0.39 is 0 Å². The van der Waals surface area contributed by atoms with Crippen LogP contribution >= 0.6 is 11.6 Å². The van der Waals surface area contributed by atoms with E-state index in [1.807, 2.05) is 31.2 Å². The second-order valence-electron chi connectivity index (χ2n) is 2.84. The number of benzene rings is 1. The molecule has 0 unspecified atom stereocenters. The molecule has 0 heterocycles. The van der Waals surface area contributed by atoms with Crippen LogP contribution < -0.4 is 5.32 Å². The van der Waals surface area contributed by atoms with Crippen molar-refractivity contribution in [1.82, 2.24) is 5.32 Å². The van der Waals surface area contributed by atoms with Crippen molar-refractivity contribution < 1.29 is 4.79 Å². The summed E-state index contributed by atoms with van der Waals surface area (Å²) in [4.78, 5) is 10.9. The Morgan fingerprint density at radius 3 is 2.77 bits per heavy atom. The van der Waals surface area contributed by atoms with Gasteiger partial charge in [0.25, 0.3) is 0 Å². The maximum atomic E-state index is 10.9. The Hall–Kier alpha value is -1.02. The molecule has 13 heavy (non-hydrogen) atoms. The number of aryl methyl sites for hydroxylation is 1. The molecule has 0 aliphatic heterocycles. The summed E-state index contributed by atoms with van der Waals surface area (Å²) in [5, 5.41) is 2.72. The fourth-order valence-corrected chi connectivity index (χ4v) is 1.14. The molecule has 0 saturated heterocycles. The lowest BCUT2D eigenvalue weighted by molar-refractivity contribution is -0.118. The normalized spacial score (nSPS) is 9.69. The maximum Gasteiger partial charge on any atom is 0.235 e. The van der Waals surface area contributed by atoms with E-state index in [4.69, 9.17) is 11.6 Å². The predicted octanol–water partition coefficient (Wildman–Crippen LogP) is 1.85. The molecule has 1 rings (SSSR count). The van der Waals surface area contributed by atoms with Crippen LogP contribution in [0, 0.1) is 6.92 Å². The van der Waals surface area contributed by atoms with Gasteiger partial charge in [0, 0.05) is 6.54 Å². The van der Waals surface area contributed by atoms with Crippen molar-refractivity contribution in [1.29, 1.82) is 0 Å². The van der Waals surface area contributed by atoms with Crippen molar-refractivity contribution in [3.8, 4) is 0 Å². The van der Waals surface area contributed by atoms with Crippen molar-refractivity contribution in [2.75, 3.05) is 5.88 Å². The maximum absolute atomic E-state index is 10.9. The number of nitrogens with one attached hydrogen (secondary N) is 1. The molecule has 0 fully saturated rings. The van der Waals surface area contributed by atoms with Crippen molar-refractivity contribution in [2.45, 2.75) is 13.5 Å². The lowest BCUT2D eigenvalue weighted by Crippen LogP contribution is -2.23. The summed E-state index contributed by atoms with van der Waals surface area (Å²) in [6.45, 7) is 2.57. The van der Waals surface area contributed by atoms with Gasteiger partial charge < -0.3 is 5.32 Å². The second kappa shape index (κ2) is 4.87. The molecule has 0 atom stereocenters. The minimum absolute atomic E-state index is 0.0197. The lowest BCUT2D eigenvalue weighted by atomic mass is 10.1. The third-order valence-electron chi connectivity index (χ3n) is 1.86. The topological polar surface area (TPSA) is 29.1 Å². The highest BCUT2D eigenvalue weighted by Gasteiger charge is 1.99. The summed E-state index contributed by atoms with van der Waals surface area (Å²) >= 11 is 5.35. The Morgan fingerprint density at radius 1 is 1.46 bits per heavy atom. The van der Waals surface area contributed by atoms with Gasteiger partial charge in [0.1, 0.15) is 5.88 Å². The lowest BCUT2D eigenvalue weighted by Gasteiger charge is -2.05. The summed E-state index contributed by atoms with van der Waals surface area (Å²) in [5.74, 6) is -0.115. The first-order chi connectivity index (χ1) is 6.24. The van der Waals surface area contributed by atoms with Crippen LogP contribution in [0.25, 0.3) is 0 Å². The van der Waals surface area contributed by atoms with Crippen LogP contribution in [0.15, 0.2) is 24.3 Å². The molecule has 2 nitrogen and oxygen atoms in total. The highest BCUT2D eigenvalue weighted by Crippen LogP contribution is 2.05. The number of hydrogen-bond acceptors (Lipinski definition) is 1. The van der Waals surface area contributed by atoms with E-state index in [1.165, 1.54) is 5.56 Å². The van der Waals surface area contributed by atoms with Crippen molar-refractivity contribution in [3.05, 3.63) is 35.4 Å². The molecule has 0 spiro atoms. The number of amides is 1. The number of carbonyl (C=O) groups is 1. The van der Waals surface area contributed by atoms with E-state index in [1.54, 1.807) is 0 Å². The fraction of sp³-hybridized carbons (Fsp3) is 0.300. The summed E-state index contributed by atoms with van der Waals surface area (Å²) in [7, 11) is 0. The third kappa shape index (κ3) is 3.07. The molecular formula is C10H12ClNO. The van der Waals surface area contributed by atoms with Crippen molar-refractivity contribution in [2.24, 2.45) is 0 Å². The molecule has 0 aliphatic rings. The monoisotopic (exact) mass is 197 g/mol. The molecule has 1 aromatic rings. The minimum Gasteiger partial charge on any atom is -0.351 e. The van der Waals surface area contributed by atoms with Crippen LogP contribution in [0.5, 0.6) is 0 Å². The van der Waals surface area contributed by atoms with Gasteiger partial charge in [-0.1, -0.05) is 24.3 Å². The molecule has 0 bridgehead atoms. The van der Waals surface area contributed by atoms with E-state index in [0.717, 1.165) is 5.56 Å². The first kappa shape index (κ1) is 10.1.